The Balaban J connectivity index is 1.21. The first-order valence-electron chi connectivity index (χ1n) is 15.6. The summed E-state index contributed by atoms with van der Waals surface area (Å²) in [6, 6.07) is 14.9. The number of carbonyl (C=O) groups excluding carboxylic acids is 2. The number of rotatable bonds is 10. The minimum Gasteiger partial charge on any atom is -0.497 e. The van der Waals surface area contributed by atoms with Crippen molar-refractivity contribution in [2.45, 2.75) is 45.2 Å². The van der Waals surface area contributed by atoms with Crippen LogP contribution in [0, 0.1) is 0 Å². The van der Waals surface area contributed by atoms with Crippen molar-refractivity contribution in [1.29, 1.82) is 0 Å². The Morgan fingerprint density at radius 1 is 1.00 bits per heavy atom. The molecular formula is C34H39N7O5. The number of methoxy groups -OCH3 is 1. The van der Waals surface area contributed by atoms with Crippen LogP contribution >= 0.6 is 0 Å². The van der Waals surface area contributed by atoms with Crippen molar-refractivity contribution < 1.29 is 23.8 Å². The van der Waals surface area contributed by atoms with E-state index < -0.39 is 0 Å². The highest BCUT2D eigenvalue weighted by Crippen LogP contribution is 2.31. The van der Waals surface area contributed by atoms with Gasteiger partial charge in [0.1, 0.15) is 31.1 Å². The summed E-state index contributed by atoms with van der Waals surface area (Å²) in [4.78, 5) is 44.8. The van der Waals surface area contributed by atoms with Gasteiger partial charge in [-0.3, -0.25) is 14.2 Å². The first kappa shape index (κ1) is 30.9. The first-order valence-corrected chi connectivity index (χ1v) is 15.6. The van der Waals surface area contributed by atoms with E-state index >= 15 is 0 Å². The van der Waals surface area contributed by atoms with Gasteiger partial charge in [-0.05, 0) is 41.3 Å². The number of carbonyl (C=O) groups is 2. The standard InChI is InChI=1S/C34H39N7O5/c1-23(2)28-19-31(38-34(37-28)40-11-10-35-22-40)41-13-12-39(33(43)17-24-4-7-27(44-3)8-5-24)21-26(41)18-32(42)36-20-25-6-9-29-30(16-25)46-15-14-45-29/h4-11,16,19,22-23,26H,12-15,17-18,20-21H2,1-3H3,(H,36,42). The Hall–Kier alpha value is -5.13. The predicted molar refractivity (Wildman–Crippen MR) is 172 cm³/mol. The number of nitrogens with one attached hydrogen (secondary N) is 1. The van der Waals surface area contributed by atoms with Crippen LogP contribution in [0.1, 0.15) is 43.0 Å². The molecule has 1 unspecified atom stereocenters. The number of amides is 2. The average molecular weight is 626 g/mol. The van der Waals surface area contributed by atoms with Gasteiger partial charge in [-0.15, -0.1) is 0 Å². The van der Waals surface area contributed by atoms with Crippen LogP contribution in [-0.4, -0.2) is 82.2 Å². The molecule has 1 fully saturated rings. The van der Waals surface area contributed by atoms with Gasteiger partial charge in [-0.25, -0.2) is 9.97 Å². The highest BCUT2D eigenvalue weighted by molar-refractivity contribution is 5.80. The smallest absolute Gasteiger partial charge is 0.237 e. The molecule has 240 valence electrons. The van der Waals surface area contributed by atoms with Crippen LogP contribution in [-0.2, 0) is 22.6 Å². The molecule has 0 bridgehead atoms. The van der Waals surface area contributed by atoms with E-state index in [1.807, 2.05) is 59.6 Å². The van der Waals surface area contributed by atoms with Gasteiger partial charge in [0.15, 0.2) is 11.5 Å². The second kappa shape index (κ2) is 13.9. The van der Waals surface area contributed by atoms with Crippen molar-refractivity contribution in [2.24, 2.45) is 0 Å². The molecule has 6 rings (SSSR count). The number of hydrogen-bond donors (Lipinski definition) is 1. The van der Waals surface area contributed by atoms with E-state index in [2.05, 4.69) is 29.0 Å². The summed E-state index contributed by atoms with van der Waals surface area (Å²) in [6.45, 7) is 6.95. The number of aromatic nitrogens is 4. The zero-order valence-corrected chi connectivity index (χ0v) is 26.4. The Kier molecular flexibility index (Phi) is 9.32. The van der Waals surface area contributed by atoms with E-state index in [1.165, 1.54) is 0 Å². The number of hydrogen-bond acceptors (Lipinski definition) is 9. The largest absolute Gasteiger partial charge is 0.497 e. The van der Waals surface area contributed by atoms with Gasteiger partial charge >= 0.3 is 0 Å². The number of imidazole rings is 1. The molecule has 1 atom stereocenters. The van der Waals surface area contributed by atoms with Crippen molar-refractivity contribution >= 4 is 17.6 Å². The van der Waals surface area contributed by atoms with Crippen LogP contribution in [0.15, 0.2) is 67.3 Å². The zero-order valence-electron chi connectivity index (χ0n) is 26.4. The van der Waals surface area contributed by atoms with Crippen molar-refractivity contribution in [2.75, 3.05) is 44.9 Å². The maximum Gasteiger partial charge on any atom is 0.237 e. The Bertz CT molecular complexity index is 1660. The van der Waals surface area contributed by atoms with Crippen LogP contribution in [0.25, 0.3) is 5.95 Å². The van der Waals surface area contributed by atoms with Crippen LogP contribution < -0.4 is 24.4 Å². The minimum absolute atomic E-state index is 0.0103. The third kappa shape index (κ3) is 7.22. The molecule has 1 N–H and O–H groups in total. The predicted octanol–water partition coefficient (Wildman–Crippen LogP) is 3.53. The Labute approximate surface area is 268 Å². The summed E-state index contributed by atoms with van der Waals surface area (Å²) in [6.07, 6.45) is 5.61. The first-order chi connectivity index (χ1) is 22.4. The molecule has 0 spiro atoms. The minimum atomic E-state index is -0.306. The van der Waals surface area contributed by atoms with Gasteiger partial charge in [0.05, 0.1) is 25.3 Å². The molecule has 0 radical (unpaired) electrons. The van der Waals surface area contributed by atoms with Gasteiger partial charge in [-0.1, -0.05) is 32.0 Å². The molecule has 46 heavy (non-hydrogen) atoms. The van der Waals surface area contributed by atoms with E-state index in [0.29, 0.717) is 62.7 Å². The second-order valence-electron chi connectivity index (χ2n) is 11.7. The van der Waals surface area contributed by atoms with E-state index in [9.17, 15) is 9.59 Å². The van der Waals surface area contributed by atoms with Crippen LogP contribution in [0.3, 0.4) is 0 Å². The van der Waals surface area contributed by atoms with Gasteiger partial charge in [-0.2, -0.15) is 4.98 Å². The van der Waals surface area contributed by atoms with Gasteiger partial charge < -0.3 is 29.3 Å². The van der Waals surface area contributed by atoms with Crippen molar-refractivity contribution in [3.8, 4) is 23.2 Å². The lowest BCUT2D eigenvalue weighted by Crippen LogP contribution is -2.56. The maximum atomic E-state index is 13.5. The summed E-state index contributed by atoms with van der Waals surface area (Å²) >= 11 is 0. The van der Waals surface area contributed by atoms with Gasteiger partial charge in [0.2, 0.25) is 17.8 Å². The number of benzene rings is 2. The lowest BCUT2D eigenvalue weighted by molar-refractivity contribution is -0.132. The summed E-state index contributed by atoms with van der Waals surface area (Å²) in [5.74, 6) is 3.41. The summed E-state index contributed by atoms with van der Waals surface area (Å²) < 4.78 is 18.4. The quantitative estimate of drug-likeness (QED) is 0.282. The number of piperazine rings is 1. The van der Waals surface area contributed by atoms with E-state index in [4.69, 9.17) is 24.2 Å². The normalized spacial score (nSPS) is 16.0. The lowest BCUT2D eigenvalue weighted by Gasteiger charge is -2.42. The molecule has 0 saturated carbocycles. The molecule has 4 aromatic rings. The summed E-state index contributed by atoms with van der Waals surface area (Å²) in [5, 5.41) is 3.06. The van der Waals surface area contributed by atoms with Crippen molar-refractivity contribution in [3.63, 3.8) is 0 Å². The van der Waals surface area contributed by atoms with Crippen molar-refractivity contribution in [3.05, 3.63) is 84.1 Å². The van der Waals surface area contributed by atoms with Crippen LogP contribution in [0.5, 0.6) is 17.2 Å². The fourth-order valence-electron chi connectivity index (χ4n) is 5.65. The van der Waals surface area contributed by atoms with Crippen LogP contribution in [0.2, 0.25) is 0 Å². The molecule has 4 heterocycles. The lowest BCUT2D eigenvalue weighted by atomic mass is 10.0. The average Bonchev–Trinajstić information content (AvgIpc) is 3.63. The topological polar surface area (TPSA) is 124 Å². The molecule has 12 heteroatoms. The highest BCUT2D eigenvalue weighted by Gasteiger charge is 2.33. The van der Waals surface area contributed by atoms with E-state index in [0.717, 1.165) is 22.6 Å². The molecular weight excluding hydrogens is 586 g/mol. The number of fused-ring (bicyclic) bond motifs is 1. The third-order valence-corrected chi connectivity index (χ3v) is 8.21. The zero-order chi connectivity index (χ0) is 32.0. The van der Waals surface area contributed by atoms with Gasteiger partial charge in [0.25, 0.3) is 0 Å². The molecule has 2 aromatic heterocycles. The fourth-order valence-corrected chi connectivity index (χ4v) is 5.65. The monoisotopic (exact) mass is 625 g/mol. The molecule has 2 aliphatic rings. The van der Waals surface area contributed by atoms with E-state index in [-0.39, 0.29) is 36.6 Å². The maximum absolute atomic E-state index is 13.5. The second-order valence-corrected chi connectivity index (χ2v) is 11.7. The Morgan fingerprint density at radius 2 is 1.78 bits per heavy atom. The molecule has 2 aliphatic heterocycles. The molecule has 0 aliphatic carbocycles. The SMILES string of the molecule is COc1ccc(CC(=O)N2CCN(c3cc(C(C)C)nc(-n4ccnc4)n3)C(CC(=O)NCc3ccc4c(c3)OCCO4)C2)cc1. The number of nitrogens with zero attached hydrogens (tertiary/aromatic N) is 6. The Morgan fingerprint density at radius 3 is 2.52 bits per heavy atom. The molecule has 2 aromatic carbocycles. The number of anilines is 1. The summed E-state index contributed by atoms with van der Waals surface area (Å²) in [7, 11) is 1.62. The van der Waals surface area contributed by atoms with Crippen LogP contribution in [0.4, 0.5) is 5.82 Å². The number of ether oxygens (including phenoxy) is 3. The summed E-state index contributed by atoms with van der Waals surface area (Å²) in [5.41, 5.74) is 2.70. The molecule has 12 nitrogen and oxygen atoms in total. The fraction of sp³-hybridized carbons (Fsp3) is 0.382. The molecule has 1 saturated heterocycles. The third-order valence-electron chi connectivity index (χ3n) is 8.21. The molecule has 2 amide bonds. The van der Waals surface area contributed by atoms with E-state index in [1.54, 1.807) is 24.2 Å². The van der Waals surface area contributed by atoms with Gasteiger partial charge in [0, 0.05) is 51.1 Å². The van der Waals surface area contributed by atoms with Crippen molar-refractivity contribution in [1.82, 2.24) is 29.7 Å². The highest BCUT2D eigenvalue weighted by atomic mass is 16.6.